The summed E-state index contributed by atoms with van der Waals surface area (Å²) in [5, 5.41) is 3.06. The number of amides is 2. The summed E-state index contributed by atoms with van der Waals surface area (Å²) in [7, 11) is 0. The van der Waals surface area contributed by atoms with Gasteiger partial charge in [0.15, 0.2) is 0 Å². The van der Waals surface area contributed by atoms with Crippen LogP contribution < -0.4 is 5.32 Å². The van der Waals surface area contributed by atoms with Gasteiger partial charge < -0.3 is 10.2 Å². The molecule has 0 aromatic heterocycles. The number of hydrogen-bond acceptors (Lipinski definition) is 2. The van der Waals surface area contributed by atoms with Crippen molar-refractivity contribution in [2.75, 3.05) is 13.1 Å². The lowest BCUT2D eigenvalue weighted by Gasteiger charge is -2.21. The molecule has 5 heteroatoms. The van der Waals surface area contributed by atoms with E-state index in [2.05, 4.69) is 5.32 Å². The van der Waals surface area contributed by atoms with Crippen LogP contribution in [0.5, 0.6) is 0 Å². The van der Waals surface area contributed by atoms with E-state index in [1.165, 1.54) is 0 Å². The van der Waals surface area contributed by atoms with Crippen molar-refractivity contribution in [3.63, 3.8) is 0 Å². The summed E-state index contributed by atoms with van der Waals surface area (Å²) in [6.45, 7) is 4.92. The fourth-order valence-electron chi connectivity index (χ4n) is 2.38. The predicted molar refractivity (Wildman–Crippen MR) is 101 cm³/mol. The second-order valence-corrected chi connectivity index (χ2v) is 5.79. The number of halogens is 1. The van der Waals surface area contributed by atoms with Gasteiger partial charge in [-0.15, -0.1) is 0 Å². The maximum atomic E-state index is 12.8. The minimum Gasteiger partial charge on any atom is -0.338 e. The summed E-state index contributed by atoms with van der Waals surface area (Å²) in [6, 6.07) is 16.1. The molecule has 0 saturated carbocycles. The van der Waals surface area contributed by atoms with Crippen LogP contribution >= 0.6 is 11.6 Å². The molecule has 2 aromatic rings. The Balaban J connectivity index is 2.35. The van der Waals surface area contributed by atoms with Gasteiger partial charge in [-0.3, -0.25) is 9.59 Å². The van der Waals surface area contributed by atoms with Crippen molar-refractivity contribution in [3.05, 3.63) is 76.4 Å². The smallest absolute Gasteiger partial charge is 0.270 e. The Kier molecular flexibility index (Phi) is 6.78. The van der Waals surface area contributed by atoms with E-state index in [-0.39, 0.29) is 11.6 Å². The molecular weight excluding hydrogens is 336 g/mol. The number of hydrogen-bond donors (Lipinski definition) is 1. The van der Waals surface area contributed by atoms with Crippen molar-refractivity contribution in [2.45, 2.75) is 13.8 Å². The Bertz CT molecular complexity index is 768. The number of likely N-dealkylation sites (N-methyl/N-ethyl adjacent to an activating group) is 1. The average molecular weight is 357 g/mol. The maximum Gasteiger partial charge on any atom is 0.270 e. The van der Waals surface area contributed by atoms with Gasteiger partial charge in [0.2, 0.25) is 0 Å². The highest BCUT2D eigenvalue weighted by atomic mass is 35.5. The van der Waals surface area contributed by atoms with E-state index in [0.717, 1.165) is 5.56 Å². The highest BCUT2D eigenvalue weighted by Crippen LogP contribution is 2.16. The normalized spacial score (nSPS) is 11.1. The molecule has 0 spiro atoms. The molecule has 4 nitrogen and oxygen atoms in total. The van der Waals surface area contributed by atoms with Crippen LogP contribution in [0.1, 0.15) is 29.8 Å². The number of nitrogens with one attached hydrogen (secondary N) is 1. The fourth-order valence-corrected chi connectivity index (χ4v) is 2.60. The molecule has 0 saturated heterocycles. The molecular formula is C20H21ClN2O2. The number of benzene rings is 2. The summed E-state index contributed by atoms with van der Waals surface area (Å²) in [5.41, 5.74) is 1.38. The Hall–Kier alpha value is -2.59. The fraction of sp³-hybridized carbons (Fsp3) is 0.200. The van der Waals surface area contributed by atoms with Crippen molar-refractivity contribution < 1.29 is 9.59 Å². The molecule has 0 heterocycles. The molecule has 2 aromatic carbocycles. The Morgan fingerprint density at radius 3 is 2.20 bits per heavy atom. The highest BCUT2D eigenvalue weighted by molar-refractivity contribution is 6.34. The van der Waals surface area contributed by atoms with E-state index >= 15 is 0 Å². The zero-order chi connectivity index (χ0) is 18.2. The second-order valence-electron chi connectivity index (χ2n) is 5.38. The van der Waals surface area contributed by atoms with Crippen LogP contribution in [0.15, 0.2) is 60.3 Å². The third-order valence-corrected chi connectivity index (χ3v) is 4.09. The molecule has 0 fully saturated rings. The predicted octanol–water partition coefficient (Wildman–Crippen LogP) is 3.98. The number of carbonyl (C=O) groups excluding carboxylic acids is 2. The topological polar surface area (TPSA) is 49.4 Å². The van der Waals surface area contributed by atoms with Crippen LogP contribution in [0, 0.1) is 0 Å². The standard InChI is InChI=1S/C20H21ClN2O2/c1-3-23(4-2)20(25)18(14-15-10-6-5-7-11-15)22-19(24)16-12-8-9-13-17(16)21/h5-14H,3-4H2,1-2H3,(H,22,24)/b18-14+. The SMILES string of the molecule is CCN(CC)C(=O)/C(=C\c1ccccc1)NC(=O)c1ccccc1Cl. The lowest BCUT2D eigenvalue weighted by Crippen LogP contribution is -2.38. The summed E-state index contributed by atoms with van der Waals surface area (Å²) >= 11 is 6.08. The minimum atomic E-state index is -0.409. The molecule has 0 unspecified atom stereocenters. The van der Waals surface area contributed by atoms with E-state index in [9.17, 15) is 9.59 Å². The molecule has 1 N–H and O–H groups in total. The monoisotopic (exact) mass is 356 g/mol. The first-order valence-electron chi connectivity index (χ1n) is 8.18. The third-order valence-electron chi connectivity index (χ3n) is 3.76. The first kappa shape index (κ1) is 18.7. The van der Waals surface area contributed by atoms with Gasteiger partial charge in [0.05, 0.1) is 10.6 Å². The Labute approximate surface area is 153 Å². The van der Waals surface area contributed by atoms with Gasteiger partial charge in [0.25, 0.3) is 11.8 Å². The molecule has 0 aliphatic carbocycles. The lowest BCUT2D eigenvalue weighted by atomic mass is 10.1. The van der Waals surface area contributed by atoms with Gasteiger partial charge in [-0.1, -0.05) is 54.1 Å². The van der Waals surface area contributed by atoms with E-state index in [4.69, 9.17) is 11.6 Å². The summed E-state index contributed by atoms with van der Waals surface area (Å²) in [4.78, 5) is 27.0. The van der Waals surface area contributed by atoms with Crippen LogP contribution in [0.2, 0.25) is 5.02 Å². The molecule has 2 rings (SSSR count). The van der Waals surface area contributed by atoms with E-state index in [0.29, 0.717) is 23.7 Å². The van der Waals surface area contributed by atoms with Crippen molar-refractivity contribution in [1.29, 1.82) is 0 Å². The molecule has 25 heavy (non-hydrogen) atoms. The summed E-state index contributed by atoms with van der Waals surface area (Å²) in [6.07, 6.45) is 1.68. The average Bonchev–Trinajstić information content (AvgIpc) is 2.63. The molecule has 0 radical (unpaired) electrons. The lowest BCUT2D eigenvalue weighted by molar-refractivity contribution is -0.127. The first-order valence-corrected chi connectivity index (χ1v) is 8.56. The van der Waals surface area contributed by atoms with Crippen LogP contribution in [0.4, 0.5) is 0 Å². The van der Waals surface area contributed by atoms with E-state index < -0.39 is 5.91 Å². The summed E-state index contributed by atoms with van der Waals surface area (Å²) in [5.74, 6) is -0.637. The molecule has 0 aliphatic rings. The quantitative estimate of drug-likeness (QED) is 0.796. The Morgan fingerprint density at radius 1 is 1.00 bits per heavy atom. The minimum absolute atomic E-state index is 0.222. The number of nitrogens with zero attached hydrogens (tertiary/aromatic N) is 1. The van der Waals surface area contributed by atoms with Gasteiger partial charge in [-0.05, 0) is 37.6 Å². The van der Waals surface area contributed by atoms with Crippen LogP contribution in [-0.4, -0.2) is 29.8 Å². The summed E-state index contributed by atoms with van der Waals surface area (Å²) < 4.78 is 0. The molecule has 2 amide bonds. The zero-order valence-electron chi connectivity index (χ0n) is 14.3. The molecule has 0 atom stereocenters. The van der Waals surface area contributed by atoms with E-state index in [1.54, 1.807) is 35.2 Å². The molecule has 0 aliphatic heterocycles. The largest absolute Gasteiger partial charge is 0.338 e. The number of rotatable bonds is 6. The van der Waals surface area contributed by atoms with E-state index in [1.807, 2.05) is 44.2 Å². The third kappa shape index (κ3) is 4.94. The van der Waals surface area contributed by atoms with Gasteiger partial charge >= 0.3 is 0 Å². The number of carbonyl (C=O) groups is 2. The van der Waals surface area contributed by atoms with Gasteiger partial charge in [-0.25, -0.2) is 0 Å². The Morgan fingerprint density at radius 2 is 1.60 bits per heavy atom. The highest BCUT2D eigenvalue weighted by Gasteiger charge is 2.19. The van der Waals surface area contributed by atoms with Gasteiger partial charge in [-0.2, -0.15) is 0 Å². The van der Waals surface area contributed by atoms with Crippen molar-refractivity contribution in [2.24, 2.45) is 0 Å². The zero-order valence-corrected chi connectivity index (χ0v) is 15.1. The van der Waals surface area contributed by atoms with Crippen molar-refractivity contribution >= 4 is 29.5 Å². The van der Waals surface area contributed by atoms with Crippen LogP contribution in [-0.2, 0) is 4.79 Å². The van der Waals surface area contributed by atoms with Gasteiger partial charge in [0, 0.05) is 13.1 Å². The van der Waals surface area contributed by atoms with Crippen molar-refractivity contribution in [3.8, 4) is 0 Å². The van der Waals surface area contributed by atoms with Crippen LogP contribution in [0.25, 0.3) is 6.08 Å². The molecule has 130 valence electrons. The van der Waals surface area contributed by atoms with Gasteiger partial charge in [0.1, 0.15) is 5.70 Å². The van der Waals surface area contributed by atoms with Crippen molar-refractivity contribution in [1.82, 2.24) is 10.2 Å². The first-order chi connectivity index (χ1) is 12.1. The second kappa shape index (κ2) is 9.04. The maximum absolute atomic E-state index is 12.8. The van der Waals surface area contributed by atoms with Crippen LogP contribution in [0.3, 0.4) is 0 Å². The molecule has 0 bridgehead atoms.